The van der Waals surface area contributed by atoms with E-state index in [-0.39, 0.29) is 0 Å². The smallest absolute Gasteiger partial charge is 0.119 e. The molecule has 2 nitrogen and oxygen atoms in total. The van der Waals surface area contributed by atoms with Gasteiger partial charge in [-0.05, 0) is 36.4 Å². The molecule has 0 aliphatic rings. The molecule has 0 saturated heterocycles. The average molecular weight is 268 g/mol. The summed E-state index contributed by atoms with van der Waals surface area (Å²) in [6.45, 7) is 0. The number of nitrogens with one attached hydrogen (secondary N) is 1. The second kappa shape index (κ2) is 5.30. The Kier molecular flexibility index (Phi) is 3.77. The van der Waals surface area contributed by atoms with E-state index in [1.165, 1.54) is 0 Å². The van der Waals surface area contributed by atoms with Crippen molar-refractivity contribution in [3.63, 3.8) is 0 Å². The number of halogens is 2. The van der Waals surface area contributed by atoms with Gasteiger partial charge in [0, 0.05) is 5.69 Å². The fraction of sp³-hybridized carbons (Fsp3) is 0.0769. The zero-order valence-corrected chi connectivity index (χ0v) is 10.7. The Morgan fingerprint density at radius 2 is 1.53 bits per heavy atom. The Morgan fingerprint density at radius 1 is 0.941 bits per heavy atom. The largest absolute Gasteiger partial charge is 0.497 e. The first-order valence-electron chi connectivity index (χ1n) is 5.06. The Hall–Kier alpha value is -1.38. The van der Waals surface area contributed by atoms with E-state index in [1.807, 2.05) is 30.3 Å². The average Bonchev–Trinajstić information content (AvgIpc) is 2.35. The van der Waals surface area contributed by atoms with Gasteiger partial charge >= 0.3 is 0 Å². The van der Waals surface area contributed by atoms with Crippen molar-refractivity contribution in [2.75, 3.05) is 12.4 Å². The third kappa shape index (κ3) is 2.84. The lowest BCUT2D eigenvalue weighted by Crippen LogP contribution is -1.92. The predicted octanol–water partition coefficient (Wildman–Crippen LogP) is 4.75. The molecule has 4 heteroatoms. The number of hydrogen-bond donors (Lipinski definition) is 1. The van der Waals surface area contributed by atoms with Crippen LogP contribution < -0.4 is 10.1 Å². The number of anilines is 2. The van der Waals surface area contributed by atoms with Crippen LogP contribution in [0.15, 0.2) is 42.5 Å². The molecular weight excluding hydrogens is 257 g/mol. The monoisotopic (exact) mass is 267 g/mol. The molecule has 0 radical (unpaired) electrons. The summed E-state index contributed by atoms with van der Waals surface area (Å²) in [6, 6.07) is 12.9. The summed E-state index contributed by atoms with van der Waals surface area (Å²) in [6.07, 6.45) is 0. The summed E-state index contributed by atoms with van der Waals surface area (Å²) in [5.41, 5.74) is 1.61. The molecule has 2 rings (SSSR count). The molecule has 2 aromatic carbocycles. The molecule has 88 valence electrons. The maximum Gasteiger partial charge on any atom is 0.119 e. The first-order valence-corrected chi connectivity index (χ1v) is 5.81. The Labute approximate surface area is 110 Å². The fourth-order valence-corrected chi connectivity index (χ4v) is 1.93. The highest BCUT2D eigenvalue weighted by Gasteiger charge is 2.05. The van der Waals surface area contributed by atoms with Gasteiger partial charge in [-0.15, -0.1) is 0 Å². The van der Waals surface area contributed by atoms with E-state index in [0.29, 0.717) is 15.7 Å². The van der Waals surface area contributed by atoms with Gasteiger partial charge in [0.05, 0.1) is 22.8 Å². The lowest BCUT2D eigenvalue weighted by Gasteiger charge is -2.10. The standard InChI is InChI=1S/C13H11Cl2NO/c1-17-10-7-5-9(6-8-10)16-13-11(14)3-2-4-12(13)15/h2-8,16H,1H3. The minimum Gasteiger partial charge on any atom is -0.497 e. The lowest BCUT2D eigenvalue weighted by atomic mass is 10.2. The van der Waals surface area contributed by atoms with Gasteiger partial charge in [0.2, 0.25) is 0 Å². The molecule has 0 saturated carbocycles. The molecule has 0 atom stereocenters. The lowest BCUT2D eigenvalue weighted by molar-refractivity contribution is 0.415. The maximum absolute atomic E-state index is 6.07. The second-order valence-electron chi connectivity index (χ2n) is 3.45. The van der Waals surface area contributed by atoms with Crippen molar-refractivity contribution in [2.24, 2.45) is 0 Å². The van der Waals surface area contributed by atoms with E-state index < -0.39 is 0 Å². The molecule has 0 spiro atoms. The summed E-state index contributed by atoms with van der Waals surface area (Å²) >= 11 is 12.1. The minimum atomic E-state index is 0.591. The second-order valence-corrected chi connectivity index (χ2v) is 4.26. The Bertz CT molecular complexity index is 491. The van der Waals surface area contributed by atoms with E-state index in [0.717, 1.165) is 11.4 Å². The van der Waals surface area contributed by atoms with Crippen LogP contribution >= 0.6 is 23.2 Å². The van der Waals surface area contributed by atoms with Crippen LogP contribution in [0.3, 0.4) is 0 Å². The van der Waals surface area contributed by atoms with Crippen LogP contribution in [-0.4, -0.2) is 7.11 Å². The molecule has 1 N–H and O–H groups in total. The van der Waals surface area contributed by atoms with E-state index >= 15 is 0 Å². The first kappa shape index (κ1) is 12.1. The molecule has 0 bridgehead atoms. The zero-order chi connectivity index (χ0) is 12.3. The van der Waals surface area contributed by atoms with Gasteiger partial charge in [0.25, 0.3) is 0 Å². The molecule has 17 heavy (non-hydrogen) atoms. The number of ether oxygens (including phenoxy) is 1. The van der Waals surface area contributed by atoms with Gasteiger partial charge in [0.1, 0.15) is 5.75 Å². The molecule has 2 aromatic rings. The normalized spacial score (nSPS) is 10.1. The number of hydrogen-bond acceptors (Lipinski definition) is 2. The summed E-state index contributed by atoms with van der Waals surface area (Å²) in [7, 11) is 1.63. The quantitative estimate of drug-likeness (QED) is 0.867. The Morgan fingerprint density at radius 3 is 2.06 bits per heavy atom. The minimum absolute atomic E-state index is 0.591. The summed E-state index contributed by atoms with van der Waals surface area (Å²) < 4.78 is 5.09. The van der Waals surface area contributed by atoms with Gasteiger partial charge in [-0.3, -0.25) is 0 Å². The summed E-state index contributed by atoms with van der Waals surface area (Å²) in [5, 5.41) is 4.35. The molecule has 0 aliphatic heterocycles. The van der Waals surface area contributed by atoms with Crippen LogP contribution in [0.4, 0.5) is 11.4 Å². The summed E-state index contributed by atoms with van der Waals surface area (Å²) in [4.78, 5) is 0. The van der Waals surface area contributed by atoms with E-state index in [9.17, 15) is 0 Å². The highest BCUT2D eigenvalue weighted by Crippen LogP contribution is 2.32. The fourth-order valence-electron chi connectivity index (χ4n) is 1.44. The molecule has 0 heterocycles. The van der Waals surface area contributed by atoms with Crippen molar-refractivity contribution in [2.45, 2.75) is 0 Å². The summed E-state index contributed by atoms with van der Waals surface area (Å²) in [5.74, 6) is 0.806. The van der Waals surface area contributed by atoms with Gasteiger partial charge < -0.3 is 10.1 Å². The predicted molar refractivity (Wildman–Crippen MR) is 72.7 cm³/mol. The first-order chi connectivity index (χ1) is 8.20. The van der Waals surface area contributed by atoms with Crippen molar-refractivity contribution in [1.82, 2.24) is 0 Å². The van der Waals surface area contributed by atoms with E-state index in [2.05, 4.69) is 5.32 Å². The highest BCUT2D eigenvalue weighted by atomic mass is 35.5. The molecule has 0 fully saturated rings. The van der Waals surface area contributed by atoms with E-state index in [4.69, 9.17) is 27.9 Å². The molecule has 0 unspecified atom stereocenters. The molecular formula is C13H11Cl2NO. The number of rotatable bonds is 3. The van der Waals surface area contributed by atoms with Crippen LogP contribution in [0, 0.1) is 0 Å². The van der Waals surface area contributed by atoms with E-state index in [1.54, 1.807) is 19.2 Å². The SMILES string of the molecule is COc1ccc(Nc2c(Cl)cccc2Cl)cc1. The van der Waals surface area contributed by atoms with Crippen molar-refractivity contribution < 1.29 is 4.74 Å². The molecule has 0 aliphatic carbocycles. The molecule has 0 amide bonds. The number of methoxy groups -OCH3 is 1. The van der Waals surface area contributed by atoms with Crippen LogP contribution in [0.25, 0.3) is 0 Å². The Balaban J connectivity index is 2.25. The van der Waals surface area contributed by atoms with Crippen molar-refractivity contribution >= 4 is 34.6 Å². The van der Waals surface area contributed by atoms with Crippen molar-refractivity contribution in [3.8, 4) is 5.75 Å². The third-order valence-corrected chi connectivity index (χ3v) is 2.95. The molecule has 0 aromatic heterocycles. The van der Waals surface area contributed by atoms with Crippen molar-refractivity contribution in [3.05, 3.63) is 52.5 Å². The van der Waals surface area contributed by atoms with Crippen LogP contribution in [0.5, 0.6) is 5.75 Å². The van der Waals surface area contributed by atoms with Crippen LogP contribution in [0.1, 0.15) is 0 Å². The third-order valence-electron chi connectivity index (χ3n) is 2.32. The number of para-hydroxylation sites is 1. The van der Waals surface area contributed by atoms with Gasteiger partial charge in [0.15, 0.2) is 0 Å². The highest BCUT2D eigenvalue weighted by molar-refractivity contribution is 6.39. The maximum atomic E-state index is 6.07. The number of benzene rings is 2. The van der Waals surface area contributed by atoms with Gasteiger partial charge in [-0.2, -0.15) is 0 Å². The van der Waals surface area contributed by atoms with Crippen molar-refractivity contribution in [1.29, 1.82) is 0 Å². The van der Waals surface area contributed by atoms with Gasteiger partial charge in [-0.25, -0.2) is 0 Å². The van der Waals surface area contributed by atoms with Crippen LogP contribution in [0.2, 0.25) is 10.0 Å². The van der Waals surface area contributed by atoms with Gasteiger partial charge in [-0.1, -0.05) is 29.3 Å². The topological polar surface area (TPSA) is 21.3 Å². The van der Waals surface area contributed by atoms with Crippen LogP contribution in [-0.2, 0) is 0 Å². The zero-order valence-electron chi connectivity index (χ0n) is 9.21.